The topological polar surface area (TPSA) is 46.0 Å². The van der Waals surface area contributed by atoms with E-state index in [4.69, 9.17) is 9.97 Å². The summed E-state index contributed by atoms with van der Waals surface area (Å²) in [5, 5.41) is 11.5. The quantitative estimate of drug-likeness (QED) is 0.506. The summed E-state index contributed by atoms with van der Waals surface area (Å²) in [6, 6.07) is 10.4. The Morgan fingerprint density at radius 1 is 1.08 bits per heavy atom. The highest BCUT2D eigenvalue weighted by Crippen LogP contribution is 2.40. The third-order valence-corrected chi connectivity index (χ3v) is 7.17. The molecule has 24 heavy (non-hydrogen) atoms. The number of benzene rings is 1. The SMILES string of the molecule is OCCSc1nc(CSc2ccccc2)nc2sc3c(c12)CCC3. The van der Waals surface area contributed by atoms with Gasteiger partial charge in [-0.1, -0.05) is 18.2 Å². The Bertz CT molecular complexity index is 848. The van der Waals surface area contributed by atoms with Crippen molar-refractivity contribution in [2.45, 2.75) is 34.9 Å². The Hall–Kier alpha value is -1.08. The third-order valence-electron chi connectivity index (χ3n) is 4.02. The number of rotatable bonds is 6. The Balaban J connectivity index is 1.66. The van der Waals surface area contributed by atoms with Crippen molar-refractivity contribution < 1.29 is 5.11 Å². The second-order valence-corrected chi connectivity index (χ2v) is 8.87. The Labute approximate surface area is 153 Å². The number of fused-ring (bicyclic) bond motifs is 3. The van der Waals surface area contributed by atoms with Crippen LogP contribution in [0.2, 0.25) is 0 Å². The van der Waals surface area contributed by atoms with Crippen LogP contribution in [0, 0.1) is 0 Å². The van der Waals surface area contributed by atoms with Gasteiger partial charge in [-0.25, -0.2) is 9.97 Å². The van der Waals surface area contributed by atoms with Gasteiger partial charge in [0, 0.05) is 20.9 Å². The van der Waals surface area contributed by atoms with E-state index in [2.05, 4.69) is 24.3 Å². The van der Waals surface area contributed by atoms with E-state index in [0.717, 1.165) is 27.9 Å². The Morgan fingerprint density at radius 2 is 1.96 bits per heavy atom. The molecule has 0 saturated carbocycles. The fourth-order valence-electron chi connectivity index (χ4n) is 2.98. The van der Waals surface area contributed by atoms with Gasteiger partial charge in [0.15, 0.2) is 0 Å². The van der Waals surface area contributed by atoms with Crippen molar-refractivity contribution in [1.82, 2.24) is 9.97 Å². The van der Waals surface area contributed by atoms with Crippen LogP contribution in [0.3, 0.4) is 0 Å². The maximum absolute atomic E-state index is 9.20. The van der Waals surface area contributed by atoms with E-state index >= 15 is 0 Å². The minimum absolute atomic E-state index is 0.177. The predicted octanol–water partition coefficient (Wildman–Crippen LogP) is 4.56. The van der Waals surface area contributed by atoms with E-state index in [1.54, 1.807) is 23.5 Å². The third kappa shape index (κ3) is 3.33. The second-order valence-electron chi connectivity index (χ2n) is 5.66. The average Bonchev–Trinajstić information content (AvgIpc) is 3.19. The molecule has 3 aromatic rings. The van der Waals surface area contributed by atoms with Crippen LogP contribution >= 0.6 is 34.9 Å². The van der Waals surface area contributed by atoms with E-state index in [9.17, 15) is 5.11 Å². The molecule has 0 saturated heterocycles. The van der Waals surface area contributed by atoms with Crippen molar-refractivity contribution in [3.63, 3.8) is 0 Å². The first-order valence-corrected chi connectivity index (χ1v) is 10.9. The summed E-state index contributed by atoms with van der Waals surface area (Å²) in [7, 11) is 0. The number of hydrogen-bond donors (Lipinski definition) is 1. The number of thioether (sulfide) groups is 2. The molecule has 1 aliphatic rings. The molecule has 0 unspecified atom stereocenters. The van der Waals surface area contributed by atoms with Gasteiger partial charge in [0.1, 0.15) is 15.7 Å². The zero-order chi connectivity index (χ0) is 16.4. The molecular formula is C18H18N2OS3. The highest BCUT2D eigenvalue weighted by atomic mass is 32.2. The summed E-state index contributed by atoms with van der Waals surface area (Å²) >= 11 is 5.25. The highest BCUT2D eigenvalue weighted by molar-refractivity contribution is 7.99. The van der Waals surface area contributed by atoms with Gasteiger partial charge in [-0.3, -0.25) is 0 Å². The predicted molar refractivity (Wildman–Crippen MR) is 103 cm³/mol. The number of aliphatic hydroxyl groups is 1. The number of aryl methyl sites for hydroxylation is 2. The summed E-state index contributed by atoms with van der Waals surface area (Å²) < 4.78 is 0. The molecule has 0 atom stereocenters. The van der Waals surface area contributed by atoms with Gasteiger partial charge in [-0.05, 0) is 37.0 Å². The molecule has 2 aromatic heterocycles. The molecule has 3 nitrogen and oxygen atoms in total. The number of aromatic nitrogens is 2. The van der Waals surface area contributed by atoms with E-state index in [1.165, 1.54) is 33.6 Å². The van der Waals surface area contributed by atoms with Crippen molar-refractivity contribution in [2.24, 2.45) is 0 Å². The van der Waals surface area contributed by atoms with Crippen LogP contribution in [0.15, 0.2) is 40.3 Å². The summed E-state index contributed by atoms with van der Waals surface area (Å²) in [5.41, 5.74) is 1.46. The number of nitrogens with zero attached hydrogens (tertiary/aromatic N) is 2. The highest BCUT2D eigenvalue weighted by Gasteiger charge is 2.22. The Morgan fingerprint density at radius 3 is 2.79 bits per heavy atom. The molecule has 6 heteroatoms. The Kier molecular flexibility index (Phi) is 5.08. The number of thiophene rings is 1. The molecule has 4 rings (SSSR count). The molecule has 0 bridgehead atoms. The summed E-state index contributed by atoms with van der Waals surface area (Å²) in [4.78, 5) is 13.5. The summed E-state index contributed by atoms with van der Waals surface area (Å²) in [6.45, 7) is 0.177. The molecule has 0 spiro atoms. The molecule has 0 amide bonds. The van der Waals surface area contributed by atoms with Crippen molar-refractivity contribution in [3.05, 3.63) is 46.6 Å². The molecule has 1 N–H and O–H groups in total. The maximum atomic E-state index is 9.20. The van der Waals surface area contributed by atoms with E-state index in [-0.39, 0.29) is 6.61 Å². The first-order chi connectivity index (χ1) is 11.8. The number of aliphatic hydroxyl groups excluding tert-OH is 1. The standard InChI is InChI=1S/C18H18N2OS3/c21-9-10-22-17-16-13-7-4-8-14(13)24-18(16)20-15(19-17)11-23-12-5-2-1-3-6-12/h1-3,5-6,21H,4,7-11H2. The average molecular weight is 375 g/mol. The van der Waals surface area contributed by atoms with Gasteiger partial charge < -0.3 is 5.11 Å². The molecule has 1 aliphatic carbocycles. The zero-order valence-electron chi connectivity index (χ0n) is 13.2. The van der Waals surface area contributed by atoms with Crippen LogP contribution in [0.1, 0.15) is 22.7 Å². The lowest BCUT2D eigenvalue weighted by Crippen LogP contribution is -1.97. The molecule has 1 aromatic carbocycles. The fraction of sp³-hybridized carbons (Fsp3) is 0.333. The summed E-state index contributed by atoms with van der Waals surface area (Å²) in [5.74, 6) is 2.34. The smallest absolute Gasteiger partial charge is 0.141 e. The van der Waals surface area contributed by atoms with Crippen LogP contribution in [-0.2, 0) is 18.6 Å². The summed E-state index contributed by atoms with van der Waals surface area (Å²) in [6.07, 6.45) is 3.56. The first kappa shape index (κ1) is 16.4. The van der Waals surface area contributed by atoms with Crippen LogP contribution in [0.25, 0.3) is 10.2 Å². The van der Waals surface area contributed by atoms with Crippen LogP contribution in [-0.4, -0.2) is 27.4 Å². The molecule has 2 heterocycles. The van der Waals surface area contributed by atoms with Crippen molar-refractivity contribution in [1.29, 1.82) is 0 Å². The maximum Gasteiger partial charge on any atom is 0.141 e. The van der Waals surface area contributed by atoms with Crippen molar-refractivity contribution >= 4 is 45.1 Å². The molecule has 0 aliphatic heterocycles. The number of hydrogen-bond acceptors (Lipinski definition) is 6. The normalized spacial score (nSPS) is 13.5. The van der Waals surface area contributed by atoms with Crippen LogP contribution in [0.5, 0.6) is 0 Å². The largest absolute Gasteiger partial charge is 0.396 e. The molecule has 124 valence electrons. The second kappa shape index (κ2) is 7.44. The minimum atomic E-state index is 0.177. The van der Waals surface area contributed by atoms with Gasteiger partial charge in [0.05, 0.1) is 12.4 Å². The van der Waals surface area contributed by atoms with Gasteiger partial charge >= 0.3 is 0 Å². The lowest BCUT2D eigenvalue weighted by molar-refractivity contribution is 0.322. The van der Waals surface area contributed by atoms with Gasteiger partial charge in [-0.15, -0.1) is 34.9 Å². The molecule has 0 radical (unpaired) electrons. The van der Waals surface area contributed by atoms with Crippen molar-refractivity contribution in [3.8, 4) is 0 Å². The molecule has 0 fully saturated rings. The minimum Gasteiger partial charge on any atom is -0.396 e. The van der Waals surface area contributed by atoms with Crippen molar-refractivity contribution in [2.75, 3.05) is 12.4 Å². The molecular weight excluding hydrogens is 356 g/mol. The lowest BCUT2D eigenvalue weighted by Gasteiger charge is -2.07. The lowest BCUT2D eigenvalue weighted by atomic mass is 10.2. The van der Waals surface area contributed by atoms with E-state index < -0.39 is 0 Å². The van der Waals surface area contributed by atoms with Gasteiger partial charge in [0.25, 0.3) is 0 Å². The van der Waals surface area contributed by atoms with Gasteiger partial charge in [-0.2, -0.15) is 0 Å². The van der Waals surface area contributed by atoms with Crippen LogP contribution in [0.4, 0.5) is 0 Å². The van der Waals surface area contributed by atoms with E-state index in [1.807, 2.05) is 17.4 Å². The van der Waals surface area contributed by atoms with Crippen LogP contribution < -0.4 is 0 Å². The monoisotopic (exact) mass is 374 g/mol. The first-order valence-electron chi connectivity index (χ1n) is 8.08. The zero-order valence-corrected chi connectivity index (χ0v) is 15.6. The van der Waals surface area contributed by atoms with E-state index in [0.29, 0.717) is 5.75 Å². The van der Waals surface area contributed by atoms with Gasteiger partial charge in [0.2, 0.25) is 0 Å². The fourth-order valence-corrected chi connectivity index (χ4v) is 5.92.